The highest BCUT2D eigenvalue weighted by molar-refractivity contribution is 5.48. The molecule has 0 fully saturated rings. The molecule has 7 heteroatoms. The Morgan fingerprint density at radius 1 is 0.636 bits per heavy atom. The van der Waals surface area contributed by atoms with Gasteiger partial charge in [0.2, 0.25) is 0 Å². The highest BCUT2D eigenvalue weighted by Crippen LogP contribution is 2.38. The monoisotopic (exact) mass is 596 g/mol. The van der Waals surface area contributed by atoms with Crippen LogP contribution in [0.1, 0.15) is 75.2 Å². The summed E-state index contributed by atoms with van der Waals surface area (Å²) in [5, 5.41) is 33.7. The van der Waals surface area contributed by atoms with Crippen molar-refractivity contribution >= 4 is 0 Å². The minimum absolute atomic E-state index is 0.109. The van der Waals surface area contributed by atoms with Gasteiger partial charge in [-0.1, -0.05) is 84.0 Å². The molecule has 0 aliphatic carbocycles. The standard InChI is InChI=1S/C37H48N4O3/c1-36(2,3)29-19-28(35(44)33(20-29)37(4,5)6)22-40(21-27-13-7-8-16-34(27)43)25-32(42)26-41(23-30-14-9-11-17-38-30)24-31-15-10-12-18-39-31/h7-20,32,42-44H,21-26H2,1-6H3. The van der Waals surface area contributed by atoms with Gasteiger partial charge >= 0.3 is 0 Å². The van der Waals surface area contributed by atoms with E-state index < -0.39 is 6.10 Å². The summed E-state index contributed by atoms with van der Waals surface area (Å²) < 4.78 is 0. The number of benzene rings is 2. The lowest BCUT2D eigenvalue weighted by atomic mass is 9.79. The van der Waals surface area contributed by atoms with Crippen LogP contribution in [0.2, 0.25) is 0 Å². The minimum Gasteiger partial charge on any atom is -0.508 e. The predicted octanol–water partition coefficient (Wildman–Crippen LogP) is 6.55. The van der Waals surface area contributed by atoms with Gasteiger partial charge in [-0.05, 0) is 52.3 Å². The quantitative estimate of drug-likeness (QED) is 0.171. The van der Waals surface area contributed by atoms with E-state index in [2.05, 4.69) is 73.4 Å². The average Bonchev–Trinajstić information content (AvgIpc) is 2.95. The number of phenols is 2. The largest absolute Gasteiger partial charge is 0.508 e. The van der Waals surface area contributed by atoms with Crippen molar-refractivity contribution in [3.05, 3.63) is 119 Å². The van der Waals surface area contributed by atoms with Crippen molar-refractivity contribution in [1.82, 2.24) is 19.8 Å². The number of para-hydroxylation sites is 1. The molecule has 0 saturated carbocycles. The fraction of sp³-hybridized carbons (Fsp3) is 0.405. The van der Waals surface area contributed by atoms with Crippen LogP contribution in [-0.2, 0) is 37.0 Å². The third-order valence-corrected chi connectivity index (χ3v) is 7.80. The lowest BCUT2D eigenvalue weighted by Gasteiger charge is -2.31. The van der Waals surface area contributed by atoms with Gasteiger partial charge in [0.1, 0.15) is 11.5 Å². The summed E-state index contributed by atoms with van der Waals surface area (Å²) in [4.78, 5) is 13.3. The molecule has 4 rings (SSSR count). The van der Waals surface area contributed by atoms with E-state index in [0.29, 0.717) is 39.3 Å². The molecule has 4 aromatic rings. The van der Waals surface area contributed by atoms with Gasteiger partial charge in [0.05, 0.1) is 17.5 Å². The molecule has 44 heavy (non-hydrogen) atoms. The molecule has 2 aromatic carbocycles. The molecule has 234 valence electrons. The molecule has 2 heterocycles. The van der Waals surface area contributed by atoms with Gasteiger partial charge < -0.3 is 15.3 Å². The zero-order valence-electron chi connectivity index (χ0n) is 27.0. The van der Waals surface area contributed by atoms with E-state index in [1.165, 1.54) is 0 Å². The first-order chi connectivity index (χ1) is 20.8. The number of aliphatic hydroxyl groups is 1. The minimum atomic E-state index is -0.719. The van der Waals surface area contributed by atoms with Gasteiger partial charge in [-0.2, -0.15) is 0 Å². The van der Waals surface area contributed by atoms with E-state index in [1.807, 2.05) is 48.5 Å². The highest BCUT2D eigenvalue weighted by atomic mass is 16.3. The van der Waals surface area contributed by atoms with Gasteiger partial charge in [-0.25, -0.2) is 0 Å². The molecule has 3 N–H and O–H groups in total. The summed E-state index contributed by atoms with van der Waals surface area (Å²) in [6, 6.07) is 23.2. The highest BCUT2D eigenvalue weighted by Gasteiger charge is 2.27. The Morgan fingerprint density at radius 3 is 1.66 bits per heavy atom. The molecule has 1 unspecified atom stereocenters. The average molecular weight is 597 g/mol. The molecule has 2 aromatic heterocycles. The number of aromatic hydroxyl groups is 2. The third kappa shape index (κ3) is 9.36. The van der Waals surface area contributed by atoms with Crippen LogP contribution in [0.15, 0.2) is 85.2 Å². The van der Waals surface area contributed by atoms with Crippen LogP contribution in [-0.4, -0.2) is 54.3 Å². The van der Waals surface area contributed by atoms with Crippen molar-refractivity contribution in [3.63, 3.8) is 0 Å². The molecule has 0 radical (unpaired) electrons. The summed E-state index contributed by atoms with van der Waals surface area (Å²) in [6.07, 6.45) is 2.84. The molecule has 0 aliphatic heterocycles. The second-order valence-electron chi connectivity index (χ2n) is 13.8. The first-order valence-electron chi connectivity index (χ1n) is 15.4. The van der Waals surface area contributed by atoms with Gasteiger partial charge in [0.15, 0.2) is 0 Å². The maximum Gasteiger partial charge on any atom is 0.123 e. The molecule has 0 saturated heterocycles. The van der Waals surface area contributed by atoms with Gasteiger partial charge in [0, 0.05) is 62.8 Å². The van der Waals surface area contributed by atoms with Crippen LogP contribution in [0.5, 0.6) is 11.5 Å². The molecular formula is C37H48N4O3. The van der Waals surface area contributed by atoms with Crippen LogP contribution in [0.25, 0.3) is 0 Å². The maximum absolute atomic E-state index is 11.6. The Bertz CT molecular complexity index is 1440. The first-order valence-corrected chi connectivity index (χ1v) is 15.4. The smallest absolute Gasteiger partial charge is 0.123 e. The molecule has 0 bridgehead atoms. The van der Waals surface area contributed by atoms with E-state index in [-0.39, 0.29) is 22.3 Å². The third-order valence-electron chi connectivity index (χ3n) is 7.80. The van der Waals surface area contributed by atoms with Crippen molar-refractivity contribution in [2.45, 2.75) is 84.7 Å². The fourth-order valence-corrected chi connectivity index (χ4v) is 5.41. The number of hydrogen-bond acceptors (Lipinski definition) is 7. The normalized spacial score (nSPS) is 13.0. The zero-order valence-corrected chi connectivity index (χ0v) is 27.0. The summed E-state index contributed by atoms with van der Waals surface area (Å²) in [7, 11) is 0. The van der Waals surface area contributed by atoms with Crippen molar-refractivity contribution in [3.8, 4) is 11.5 Å². The lowest BCUT2D eigenvalue weighted by molar-refractivity contribution is 0.0617. The summed E-state index contributed by atoms with van der Waals surface area (Å²) in [5.41, 5.74) is 5.10. The van der Waals surface area contributed by atoms with Crippen molar-refractivity contribution in [1.29, 1.82) is 0 Å². The van der Waals surface area contributed by atoms with Crippen molar-refractivity contribution < 1.29 is 15.3 Å². The Labute approximate surface area is 262 Å². The van der Waals surface area contributed by atoms with Crippen LogP contribution in [0, 0.1) is 0 Å². The second kappa shape index (κ2) is 14.3. The van der Waals surface area contributed by atoms with Gasteiger partial charge in [-0.3, -0.25) is 19.8 Å². The molecule has 7 nitrogen and oxygen atoms in total. The second-order valence-corrected chi connectivity index (χ2v) is 13.8. The molecular weight excluding hydrogens is 548 g/mol. The molecule has 0 aliphatic rings. The Morgan fingerprint density at radius 2 is 1.16 bits per heavy atom. The van der Waals surface area contributed by atoms with E-state index in [4.69, 9.17) is 0 Å². The summed E-state index contributed by atoms with van der Waals surface area (Å²) >= 11 is 0. The van der Waals surface area contributed by atoms with E-state index in [1.54, 1.807) is 24.5 Å². The number of aliphatic hydroxyl groups excluding tert-OH is 1. The number of phenolic OH excluding ortho intramolecular Hbond substituents is 2. The Kier molecular flexibility index (Phi) is 10.8. The van der Waals surface area contributed by atoms with Crippen LogP contribution in [0.4, 0.5) is 0 Å². The lowest BCUT2D eigenvalue weighted by Crippen LogP contribution is -2.40. The van der Waals surface area contributed by atoms with Gasteiger partial charge in [0.25, 0.3) is 0 Å². The first kappa shape index (κ1) is 33.1. The van der Waals surface area contributed by atoms with Gasteiger partial charge in [-0.15, -0.1) is 0 Å². The Balaban J connectivity index is 1.63. The zero-order chi connectivity index (χ0) is 31.9. The van der Waals surface area contributed by atoms with Crippen molar-refractivity contribution in [2.75, 3.05) is 13.1 Å². The summed E-state index contributed by atoms with van der Waals surface area (Å²) in [5.74, 6) is 0.496. The molecule has 1 atom stereocenters. The predicted molar refractivity (Wildman–Crippen MR) is 176 cm³/mol. The number of nitrogens with zero attached hydrogens (tertiary/aromatic N) is 4. The molecule has 0 amide bonds. The number of rotatable bonds is 12. The topological polar surface area (TPSA) is 93.0 Å². The van der Waals surface area contributed by atoms with Crippen LogP contribution < -0.4 is 0 Å². The molecule has 0 spiro atoms. The summed E-state index contributed by atoms with van der Waals surface area (Å²) in [6.45, 7) is 15.5. The van der Waals surface area contributed by atoms with Crippen LogP contribution in [0.3, 0.4) is 0 Å². The van der Waals surface area contributed by atoms with Crippen molar-refractivity contribution in [2.24, 2.45) is 0 Å². The SMILES string of the molecule is CC(C)(C)c1cc(CN(Cc2ccccc2O)CC(O)CN(Cc2ccccn2)Cc2ccccn2)c(O)c(C(C)(C)C)c1. The fourth-order valence-electron chi connectivity index (χ4n) is 5.41. The van der Waals surface area contributed by atoms with E-state index in [9.17, 15) is 15.3 Å². The number of hydrogen-bond donors (Lipinski definition) is 3. The van der Waals surface area contributed by atoms with E-state index >= 15 is 0 Å². The van der Waals surface area contributed by atoms with E-state index in [0.717, 1.165) is 33.6 Å². The Hall–Kier alpha value is -3.78. The van der Waals surface area contributed by atoms with Crippen LogP contribution >= 0.6 is 0 Å². The number of aromatic nitrogens is 2. The maximum atomic E-state index is 11.6. The number of pyridine rings is 2.